The van der Waals surface area contributed by atoms with Crippen LogP contribution in [0.2, 0.25) is 0 Å². The minimum absolute atomic E-state index is 0.112. The fraction of sp³-hybridized carbons (Fsp3) is 0.133. The van der Waals surface area contributed by atoms with Gasteiger partial charge in [-0.05, 0) is 127 Å². The minimum Gasteiger partial charge on any atom is -0.507 e. The summed E-state index contributed by atoms with van der Waals surface area (Å²) in [5.41, 5.74) is 0.975. The van der Waals surface area contributed by atoms with E-state index < -0.39 is 5.97 Å². The molecule has 4 nitrogen and oxygen atoms in total. The Morgan fingerprint density at radius 2 is 1.57 bits per heavy atom. The molecule has 2 aromatic carbocycles. The molecule has 8 heteroatoms. The third kappa shape index (κ3) is 5.45. The molecule has 23 heavy (non-hydrogen) atoms. The Hall–Kier alpha value is 0.430. The molecule has 2 N–H and O–H groups in total. The van der Waals surface area contributed by atoms with Crippen LogP contribution in [0.15, 0.2) is 24.3 Å². The minimum atomic E-state index is -0.802. The molecule has 0 heterocycles. The number of ether oxygens (including phenoxy) is 1. The zero-order valence-electron chi connectivity index (χ0n) is 11.4. The summed E-state index contributed by atoms with van der Waals surface area (Å²) in [6.45, 7) is 0. The van der Waals surface area contributed by atoms with E-state index in [0.29, 0.717) is 12.2 Å². The molecule has 0 atom stereocenters. The summed E-state index contributed by atoms with van der Waals surface area (Å²) in [6, 6.07) is 7.35. The lowest BCUT2D eigenvalue weighted by atomic mass is 10.1. The van der Waals surface area contributed by atoms with Gasteiger partial charge in [0.05, 0.1) is 14.3 Å². The van der Waals surface area contributed by atoms with Crippen LogP contribution in [0, 0.1) is 14.3 Å². The molecule has 0 aliphatic carbocycles. The highest BCUT2D eigenvalue weighted by Gasteiger charge is 2.14. The Labute approximate surface area is 187 Å². The molecular weight excluding hydrogens is 752 g/mol. The largest absolute Gasteiger partial charge is 0.507 e. The van der Waals surface area contributed by atoms with Crippen molar-refractivity contribution in [3.05, 3.63) is 44.1 Å². The molecule has 0 amide bonds. The first-order valence-corrected chi connectivity index (χ1v) is 10.6. The summed E-state index contributed by atoms with van der Waals surface area (Å²) < 4.78 is 9.43. The topological polar surface area (TPSA) is 66.8 Å². The standard InChI is InChI=1S/C15H10I4O4/c16-8-6-13(9(17)5-12(8)20)23-15-10(18)3-7(4-11(15)19)1-2-14(21)22/h3-6,20H,1-2H2,(H,21,22). The molecule has 122 valence electrons. The Kier molecular flexibility index (Phi) is 7.46. The van der Waals surface area contributed by atoms with Crippen molar-refractivity contribution in [2.24, 2.45) is 0 Å². The fourth-order valence-corrected chi connectivity index (χ4v) is 4.93. The van der Waals surface area contributed by atoms with Crippen molar-refractivity contribution >= 4 is 96.3 Å². The predicted molar refractivity (Wildman–Crippen MR) is 121 cm³/mol. The van der Waals surface area contributed by atoms with Gasteiger partial charge in [-0.1, -0.05) is 0 Å². The van der Waals surface area contributed by atoms with Crippen LogP contribution in [-0.4, -0.2) is 16.2 Å². The molecule has 0 aliphatic rings. The van der Waals surface area contributed by atoms with Crippen molar-refractivity contribution in [2.45, 2.75) is 12.8 Å². The maximum atomic E-state index is 10.7. The molecule has 0 unspecified atom stereocenters. The third-order valence-electron chi connectivity index (χ3n) is 2.90. The second-order valence-corrected chi connectivity index (χ2v) is 9.27. The van der Waals surface area contributed by atoms with E-state index in [0.717, 1.165) is 25.6 Å². The average molecular weight is 762 g/mol. The number of phenolic OH excluding ortho intramolecular Hbond substituents is 1. The number of aliphatic carboxylic acids is 1. The molecule has 0 bridgehead atoms. The SMILES string of the molecule is O=C(O)CCc1cc(I)c(Oc2cc(I)c(O)cc2I)c(I)c1. The van der Waals surface area contributed by atoms with Gasteiger partial charge in [0.15, 0.2) is 5.75 Å². The van der Waals surface area contributed by atoms with E-state index in [9.17, 15) is 9.90 Å². The zero-order valence-corrected chi connectivity index (χ0v) is 20.1. The summed E-state index contributed by atoms with van der Waals surface area (Å²) in [4.78, 5) is 10.7. The number of aryl methyl sites for hydroxylation is 1. The van der Waals surface area contributed by atoms with Crippen LogP contribution in [0.3, 0.4) is 0 Å². The summed E-state index contributed by atoms with van der Waals surface area (Å²) in [5.74, 6) is 0.853. The third-order valence-corrected chi connectivity index (χ3v) is 6.21. The van der Waals surface area contributed by atoms with E-state index in [1.165, 1.54) is 0 Å². The number of rotatable bonds is 5. The van der Waals surface area contributed by atoms with Crippen LogP contribution in [-0.2, 0) is 11.2 Å². The van der Waals surface area contributed by atoms with Gasteiger partial charge >= 0.3 is 5.97 Å². The van der Waals surface area contributed by atoms with E-state index in [2.05, 4.69) is 90.4 Å². The molecule has 0 aromatic heterocycles. The number of benzene rings is 2. The molecule has 2 aromatic rings. The number of halogens is 4. The van der Waals surface area contributed by atoms with Crippen molar-refractivity contribution < 1.29 is 19.7 Å². The molecule has 0 fully saturated rings. The normalized spacial score (nSPS) is 10.6. The second kappa shape index (κ2) is 8.69. The van der Waals surface area contributed by atoms with E-state index in [-0.39, 0.29) is 12.2 Å². The molecule has 2 rings (SSSR count). The molecule has 0 radical (unpaired) electrons. The lowest BCUT2D eigenvalue weighted by Crippen LogP contribution is -2.00. The van der Waals surface area contributed by atoms with Gasteiger partial charge in [0.2, 0.25) is 0 Å². The molecule has 0 saturated heterocycles. The van der Waals surface area contributed by atoms with Crippen molar-refractivity contribution in [2.75, 3.05) is 0 Å². The lowest BCUT2D eigenvalue weighted by Gasteiger charge is -2.14. The van der Waals surface area contributed by atoms with Gasteiger partial charge in [-0.15, -0.1) is 0 Å². The lowest BCUT2D eigenvalue weighted by molar-refractivity contribution is -0.136. The second-order valence-electron chi connectivity index (χ2n) is 4.62. The Bertz CT molecular complexity index is 738. The summed E-state index contributed by atoms with van der Waals surface area (Å²) in [7, 11) is 0. The van der Waals surface area contributed by atoms with Gasteiger partial charge < -0.3 is 14.9 Å². The first kappa shape index (κ1) is 19.8. The molecular formula is C15H10I4O4. The number of carboxylic acid groups (broad SMARTS) is 1. The molecule has 0 aliphatic heterocycles. The Morgan fingerprint density at radius 1 is 0.957 bits per heavy atom. The van der Waals surface area contributed by atoms with Crippen LogP contribution < -0.4 is 4.74 Å². The number of carbonyl (C=O) groups is 1. The van der Waals surface area contributed by atoms with Crippen LogP contribution in [0.25, 0.3) is 0 Å². The first-order chi connectivity index (χ1) is 10.8. The Balaban J connectivity index is 2.30. The quantitative estimate of drug-likeness (QED) is 0.389. The van der Waals surface area contributed by atoms with Crippen LogP contribution in [0.4, 0.5) is 0 Å². The van der Waals surface area contributed by atoms with E-state index in [1.54, 1.807) is 12.1 Å². The van der Waals surface area contributed by atoms with Gasteiger partial charge in [-0.2, -0.15) is 0 Å². The van der Waals surface area contributed by atoms with E-state index >= 15 is 0 Å². The highest BCUT2D eigenvalue weighted by molar-refractivity contribution is 14.1. The summed E-state index contributed by atoms with van der Waals surface area (Å²) in [6.07, 6.45) is 0.608. The smallest absolute Gasteiger partial charge is 0.303 e. The van der Waals surface area contributed by atoms with Crippen molar-refractivity contribution in [3.63, 3.8) is 0 Å². The van der Waals surface area contributed by atoms with E-state index in [1.807, 2.05) is 12.1 Å². The average Bonchev–Trinajstić information content (AvgIpc) is 2.45. The monoisotopic (exact) mass is 762 g/mol. The first-order valence-electron chi connectivity index (χ1n) is 6.33. The maximum absolute atomic E-state index is 10.7. The van der Waals surface area contributed by atoms with Crippen molar-refractivity contribution in [1.82, 2.24) is 0 Å². The number of aromatic hydroxyl groups is 1. The number of hydrogen-bond acceptors (Lipinski definition) is 3. The predicted octanol–water partition coefficient (Wildman–Crippen LogP) is 5.62. The van der Waals surface area contributed by atoms with Gasteiger partial charge in [-0.3, -0.25) is 4.79 Å². The number of carboxylic acids is 1. The van der Waals surface area contributed by atoms with Gasteiger partial charge in [0.25, 0.3) is 0 Å². The fourth-order valence-electron chi connectivity index (χ4n) is 1.81. The molecule has 0 saturated carbocycles. The van der Waals surface area contributed by atoms with Crippen molar-refractivity contribution in [1.29, 1.82) is 0 Å². The van der Waals surface area contributed by atoms with Crippen LogP contribution in [0.1, 0.15) is 12.0 Å². The van der Waals surface area contributed by atoms with Crippen LogP contribution in [0.5, 0.6) is 17.2 Å². The van der Waals surface area contributed by atoms with Crippen molar-refractivity contribution in [3.8, 4) is 17.2 Å². The summed E-state index contributed by atoms with van der Waals surface area (Å²) in [5, 5.41) is 18.5. The Morgan fingerprint density at radius 3 is 2.13 bits per heavy atom. The molecule has 0 spiro atoms. The van der Waals surface area contributed by atoms with Gasteiger partial charge in [0.1, 0.15) is 11.5 Å². The summed E-state index contributed by atoms with van der Waals surface area (Å²) >= 11 is 8.56. The van der Waals surface area contributed by atoms with Crippen LogP contribution >= 0.6 is 90.4 Å². The van der Waals surface area contributed by atoms with E-state index in [4.69, 9.17) is 9.84 Å². The van der Waals surface area contributed by atoms with Gasteiger partial charge in [0, 0.05) is 6.42 Å². The maximum Gasteiger partial charge on any atom is 0.303 e. The number of hydrogen-bond donors (Lipinski definition) is 2. The zero-order chi connectivity index (χ0) is 17.1. The highest BCUT2D eigenvalue weighted by Crippen LogP contribution is 2.37. The number of phenols is 1. The highest BCUT2D eigenvalue weighted by atomic mass is 127. The van der Waals surface area contributed by atoms with Gasteiger partial charge in [-0.25, -0.2) is 0 Å².